The summed E-state index contributed by atoms with van der Waals surface area (Å²) in [5.41, 5.74) is 1.27. The lowest BCUT2D eigenvalue weighted by Gasteiger charge is -2.14. The van der Waals surface area contributed by atoms with Crippen LogP contribution in [-0.2, 0) is 0 Å². The van der Waals surface area contributed by atoms with Crippen LogP contribution in [-0.4, -0.2) is 15.9 Å². The molecule has 0 heterocycles. The average Bonchev–Trinajstić information content (AvgIpc) is 2.47. The van der Waals surface area contributed by atoms with Crippen molar-refractivity contribution in [2.75, 3.05) is 0 Å². The average molecular weight is 361 g/mol. The molecule has 2 aromatic rings. The Bertz CT molecular complexity index is 680. The van der Waals surface area contributed by atoms with Crippen LogP contribution in [0.25, 0.3) is 0 Å². The predicted molar refractivity (Wildman–Crippen MR) is 90.3 cm³/mol. The molecule has 4 heteroatoms. The Kier molecular flexibility index (Phi) is 4.81. The van der Waals surface area contributed by atoms with Crippen molar-refractivity contribution in [3.05, 3.63) is 59.7 Å². The number of halogens is 1. The Morgan fingerprint density at radius 3 is 1.64 bits per heavy atom. The second kappa shape index (κ2) is 6.44. The maximum atomic E-state index is 12.1. The van der Waals surface area contributed by atoms with Gasteiger partial charge in [-0.25, -0.2) is 0 Å². The van der Waals surface area contributed by atoms with E-state index in [2.05, 4.69) is 15.9 Å². The van der Waals surface area contributed by atoms with E-state index >= 15 is 0 Å². The largest absolute Gasteiger partial charge is 0.457 e. The summed E-state index contributed by atoms with van der Waals surface area (Å²) in [5.74, 6) is 1.32. The summed E-state index contributed by atoms with van der Waals surface area (Å²) in [7, 11) is 0. The molecule has 2 aromatic carbocycles. The molecule has 0 atom stereocenters. The topological polar surface area (TPSA) is 43.4 Å². The molecule has 0 saturated heterocycles. The van der Waals surface area contributed by atoms with Gasteiger partial charge in [0.2, 0.25) is 0 Å². The second-order valence-electron chi connectivity index (χ2n) is 5.51. The fourth-order valence-corrected chi connectivity index (χ4v) is 2.14. The third-order valence-corrected chi connectivity index (χ3v) is 3.51. The molecule has 0 N–H and O–H groups in total. The number of hydrogen-bond acceptors (Lipinski definition) is 3. The van der Waals surface area contributed by atoms with Crippen LogP contribution in [0.1, 0.15) is 41.5 Å². The zero-order chi connectivity index (χ0) is 16.3. The lowest BCUT2D eigenvalue weighted by Crippen LogP contribution is -2.23. The third-order valence-electron chi connectivity index (χ3n) is 3.15. The van der Waals surface area contributed by atoms with Gasteiger partial charge in [0.05, 0.1) is 4.32 Å². The Hall–Kier alpha value is -1.94. The molecule has 22 heavy (non-hydrogen) atoms. The lowest BCUT2D eigenvalue weighted by atomic mass is 10.0. The van der Waals surface area contributed by atoms with E-state index in [9.17, 15) is 9.59 Å². The van der Waals surface area contributed by atoms with Crippen molar-refractivity contribution in [3.63, 3.8) is 0 Å². The van der Waals surface area contributed by atoms with E-state index in [1.54, 1.807) is 48.5 Å². The zero-order valence-corrected chi connectivity index (χ0v) is 14.3. The Labute approximate surface area is 138 Å². The number of benzene rings is 2. The smallest absolute Gasteiger partial charge is 0.178 e. The van der Waals surface area contributed by atoms with E-state index in [0.29, 0.717) is 22.6 Å². The molecule has 0 aliphatic rings. The van der Waals surface area contributed by atoms with E-state index < -0.39 is 4.32 Å². The monoisotopic (exact) mass is 360 g/mol. The molecule has 0 saturated carbocycles. The van der Waals surface area contributed by atoms with Crippen LogP contribution in [0.15, 0.2) is 48.5 Å². The predicted octanol–water partition coefficient (Wildman–Crippen LogP) is 5.04. The van der Waals surface area contributed by atoms with Crippen LogP contribution in [0.4, 0.5) is 0 Å². The highest BCUT2D eigenvalue weighted by Gasteiger charge is 2.24. The molecule has 0 aliphatic heterocycles. The molecule has 2 rings (SSSR count). The summed E-state index contributed by atoms with van der Waals surface area (Å²) in [6.45, 7) is 5.16. The van der Waals surface area contributed by atoms with Crippen molar-refractivity contribution in [3.8, 4) is 11.5 Å². The van der Waals surface area contributed by atoms with E-state index in [-0.39, 0.29) is 11.6 Å². The molecular weight excluding hydrogens is 344 g/mol. The molecule has 0 unspecified atom stereocenters. The summed E-state index contributed by atoms with van der Waals surface area (Å²) in [5, 5.41) is 0. The molecule has 0 bridgehead atoms. The second-order valence-corrected chi connectivity index (χ2v) is 7.49. The maximum absolute atomic E-state index is 12.1. The van der Waals surface area contributed by atoms with Crippen LogP contribution in [0.2, 0.25) is 0 Å². The molecule has 0 aromatic heterocycles. The van der Waals surface area contributed by atoms with Gasteiger partial charge in [-0.1, -0.05) is 15.9 Å². The Balaban J connectivity index is 2.11. The highest BCUT2D eigenvalue weighted by molar-refractivity contribution is 9.10. The number of carbonyl (C=O) groups is 2. The summed E-state index contributed by atoms with van der Waals surface area (Å²) in [4.78, 5) is 23.3. The lowest BCUT2D eigenvalue weighted by molar-refractivity contribution is 0.0960. The molecule has 0 amide bonds. The molecule has 0 fully saturated rings. The minimum Gasteiger partial charge on any atom is -0.457 e. The van der Waals surface area contributed by atoms with Gasteiger partial charge in [-0.05, 0) is 69.3 Å². The number of carbonyl (C=O) groups excluding carboxylic acids is 2. The number of Topliss-reactive ketones (excluding diaryl/α,β-unsaturated/α-hetero) is 2. The molecule has 0 aliphatic carbocycles. The van der Waals surface area contributed by atoms with E-state index in [4.69, 9.17) is 4.74 Å². The normalized spacial score (nSPS) is 11.1. The van der Waals surface area contributed by atoms with Gasteiger partial charge in [0, 0.05) is 11.1 Å². The van der Waals surface area contributed by atoms with Gasteiger partial charge in [-0.15, -0.1) is 0 Å². The van der Waals surface area contributed by atoms with Crippen LogP contribution in [0.5, 0.6) is 11.5 Å². The first-order valence-electron chi connectivity index (χ1n) is 6.90. The van der Waals surface area contributed by atoms with Crippen LogP contribution in [0.3, 0.4) is 0 Å². The van der Waals surface area contributed by atoms with Crippen LogP contribution in [0, 0.1) is 0 Å². The Morgan fingerprint density at radius 2 is 1.27 bits per heavy atom. The SMILES string of the molecule is CC(=O)c1ccc(Oc2ccc(C(=O)C(C)(C)Br)cc2)cc1. The first-order chi connectivity index (χ1) is 10.3. The minimum atomic E-state index is -0.585. The summed E-state index contributed by atoms with van der Waals surface area (Å²) in [6.07, 6.45) is 0. The van der Waals surface area contributed by atoms with Crippen molar-refractivity contribution in [1.82, 2.24) is 0 Å². The fourth-order valence-electron chi connectivity index (χ4n) is 1.91. The van der Waals surface area contributed by atoms with Gasteiger partial charge in [-0.2, -0.15) is 0 Å². The molecule has 0 radical (unpaired) electrons. The van der Waals surface area contributed by atoms with Crippen LogP contribution >= 0.6 is 15.9 Å². The van der Waals surface area contributed by atoms with Crippen molar-refractivity contribution in [2.24, 2.45) is 0 Å². The van der Waals surface area contributed by atoms with E-state index in [1.165, 1.54) is 6.92 Å². The number of ketones is 2. The molecular formula is C18H17BrO3. The summed E-state index contributed by atoms with van der Waals surface area (Å²) < 4.78 is 5.11. The van der Waals surface area contributed by atoms with Gasteiger partial charge in [0.25, 0.3) is 0 Å². The van der Waals surface area contributed by atoms with E-state index in [1.807, 2.05) is 13.8 Å². The quantitative estimate of drug-likeness (QED) is 0.554. The summed E-state index contributed by atoms with van der Waals surface area (Å²) >= 11 is 3.36. The zero-order valence-electron chi connectivity index (χ0n) is 12.7. The summed E-state index contributed by atoms with van der Waals surface area (Å²) in [6, 6.07) is 13.9. The van der Waals surface area contributed by atoms with Crippen molar-refractivity contribution >= 4 is 27.5 Å². The highest BCUT2D eigenvalue weighted by atomic mass is 79.9. The molecule has 0 spiro atoms. The minimum absolute atomic E-state index is 0.0184. The van der Waals surface area contributed by atoms with Crippen molar-refractivity contribution < 1.29 is 14.3 Å². The molecule has 114 valence electrons. The maximum Gasteiger partial charge on any atom is 0.178 e. The van der Waals surface area contributed by atoms with Gasteiger partial charge < -0.3 is 4.74 Å². The Morgan fingerprint density at radius 1 is 0.864 bits per heavy atom. The van der Waals surface area contributed by atoms with Crippen molar-refractivity contribution in [1.29, 1.82) is 0 Å². The van der Waals surface area contributed by atoms with Gasteiger partial charge >= 0.3 is 0 Å². The van der Waals surface area contributed by atoms with E-state index in [0.717, 1.165) is 0 Å². The molecule has 3 nitrogen and oxygen atoms in total. The third kappa shape index (κ3) is 4.04. The first-order valence-corrected chi connectivity index (χ1v) is 7.69. The first kappa shape index (κ1) is 16.4. The highest BCUT2D eigenvalue weighted by Crippen LogP contribution is 2.26. The number of rotatable bonds is 5. The number of ether oxygens (including phenoxy) is 1. The van der Waals surface area contributed by atoms with Crippen molar-refractivity contribution in [2.45, 2.75) is 25.1 Å². The van der Waals surface area contributed by atoms with Gasteiger partial charge in [0.1, 0.15) is 11.5 Å². The number of alkyl halides is 1. The standard InChI is InChI=1S/C18H17BrO3/c1-12(20)13-4-8-15(9-5-13)22-16-10-6-14(7-11-16)17(21)18(2,3)19/h4-11H,1-3H3. The van der Waals surface area contributed by atoms with Crippen LogP contribution < -0.4 is 4.74 Å². The number of hydrogen-bond donors (Lipinski definition) is 0. The van der Waals surface area contributed by atoms with Gasteiger partial charge in [0.15, 0.2) is 11.6 Å². The fraction of sp³-hybridized carbons (Fsp3) is 0.222. The van der Waals surface area contributed by atoms with Gasteiger partial charge in [-0.3, -0.25) is 9.59 Å².